The van der Waals surface area contributed by atoms with Crippen molar-refractivity contribution in [1.29, 1.82) is 0 Å². The predicted octanol–water partition coefficient (Wildman–Crippen LogP) is 3.36. The molecule has 1 amide bonds. The second-order valence-corrected chi connectivity index (χ2v) is 8.19. The molecule has 5 rings (SSSR count). The van der Waals surface area contributed by atoms with Gasteiger partial charge in [0.2, 0.25) is 0 Å². The van der Waals surface area contributed by atoms with E-state index in [0.717, 1.165) is 27.8 Å². The number of amides is 1. The van der Waals surface area contributed by atoms with Crippen LogP contribution in [-0.4, -0.2) is 71.4 Å². The highest BCUT2D eigenvalue weighted by molar-refractivity contribution is 7.13. The van der Waals surface area contributed by atoms with Gasteiger partial charge in [0.25, 0.3) is 0 Å². The number of rotatable bonds is 3. The molecule has 0 aromatic carbocycles. The number of pyridine rings is 1. The number of hydrogen-bond donors (Lipinski definition) is 1. The van der Waals surface area contributed by atoms with Crippen LogP contribution in [0.15, 0.2) is 23.7 Å². The highest BCUT2D eigenvalue weighted by Crippen LogP contribution is 2.35. The number of H-pyrrole nitrogens is 1. The number of hydrogen-bond acceptors (Lipinski definition) is 7. The van der Waals surface area contributed by atoms with Gasteiger partial charge in [-0.2, -0.15) is 13.2 Å². The van der Waals surface area contributed by atoms with Crippen LogP contribution in [0.25, 0.3) is 21.7 Å². The number of anilines is 1. The van der Waals surface area contributed by atoms with Gasteiger partial charge in [-0.05, 0) is 12.1 Å². The van der Waals surface area contributed by atoms with Gasteiger partial charge in [-0.15, -0.1) is 11.3 Å². The van der Waals surface area contributed by atoms with E-state index in [4.69, 9.17) is 9.47 Å². The average molecular weight is 453 g/mol. The number of nitrogens with zero attached hydrogens (tertiary/aromatic N) is 4. The minimum absolute atomic E-state index is 0.160. The van der Waals surface area contributed by atoms with Crippen LogP contribution in [0.2, 0.25) is 0 Å². The van der Waals surface area contributed by atoms with Crippen molar-refractivity contribution in [2.24, 2.45) is 0 Å². The minimum Gasteiger partial charge on any atom is -0.441 e. The van der Waals surface area contributed by atoms with Crippen molar-refractivity contribution in [2.45, 2.75) is 12.3 Å². The number of halogens is 3. The van der Waals surface area contributed by atoms with Crippen molar-refractivity contribution in [2.75, 3.05) is 44.3 Å². The van der Waals surface area contributed by atoms with Crippen LogP contribution >= 0.6 is 11.3 Å². The number of carbonyl (C=O) groups excluding carboxylic acids is 1. The Morgan fingerprint density at radius 2 is 2.03 bits per heavy atom. The summed E-state index contributed by atoms with van der Waals surface area (Å²) < 4.78 is 49.0. The molecule has 2 fully saturated rings. The van der Waals surface area contributed by atoms with Crippen molar-refractivity contribution in [3.63, 3.8) is 0 Å². The first-order chi connectivity index (χ1) is 14.9. The molecule has 2 aliphatic rings. The first-order valence-corrected chi connectivity index (χ1v) is 10.6. The van der Waals surface area contributed by atoms with E-state index in [0.29, 0.717) is 50.7 Å². The number of thiazole rings is 1. The second-order valence-electron chi connectivity index (χ2n) is 7.33. The molecule has 0 atom stereocenters. The zero-order chi connectivity index (χ0) is 21.6. The molecule has 0 bridgehead atoms. The molecule has 12 heteroatoms. The number of aromatic nitrogens is 3. The molecule has 0 radical (unpaired) electrons. The summed E-state index contributed by atoms with van der Waals surface area (Å²) in [6.45, 7) is 3.11. The van der Waals surface area contributed by atoms with Crippen molar-refractivity contribution in [1.82, 2.24) is 19.9 Å². The van der Waals surface area contributed by atoms with E-state index in [1.165, 1.54) is 0 Å². The molecule has 0 unspecified atom stereocenters. The topological polar surface area (TPSA) is 83.6 Å². The van der Waals surface area contributed by atoms with Gasteiger partial charge in [-0.25, -0.2) is 14.8 Å². The number of alkyl halides is 3. The fourth-order valence-corrected chi connectivity index (χ4v) is 4.36. The maximum absolute atomic E-state index is 12.9. The lowest BCUT2D eigenvalue weighted by atomic mass is 10.2. The number of piperazine rings is 1. The number of carbonyl (C=O) groups is 1. The average Bonchev–Trinajstić information content (AvgIpc) is 3.37. The van der Waals surface area contributed by atoms with Gasteiger partial charge in [0.05, 0.1) is 18.9 Å². The molecule has 2 saturated heterocycles. The highest BCUT2D eigenvalue weighted by Gasteiger charge is 2.34. The molecule has 0 spiro atoms. The molecule has 164 valence electrons. The van der Waals surface area contributed by atoms with Crippen LogP contribution in [0.4, 0.5) is 23.7 Å². The van der Waals surface area contributed by atoms with Crippen molar-refractivity contribution >= 4 is 34.2 Å². The molecule has 0 saturated carbocycles. The Labute approximate surface area is 178 Å². The molecule has 3 aromatic heterocycles. The standard InChI is InChI=1S/C19H18F3N5O3S/c20-19(21,22)15-10-31-17(25-15)13-7-12-14(1-2-23-16(12)24-13)26-3-5-27(6-4-26)18(28)30-11-8-29-9-11/h1-2,7,10-11H,3-6,8-9H2,(H,23,24). The molecule has 3 aromatic rings. The first kappa shape index (κ1) is 20.1. The zero-order valence-corrected chi connectivity index (χ0v) is 17.0. The summed E-state index contributed by atoms with van der Waals surface area (Å²) in [7, 11) is 0. The monoisotopic (exact) mass is 453 g/mol. The van der Waals surface area contributed by atoms with Gasteiger partial charge in [0, 0.05) is 48.8 Å². The van der Waals surface area contributed by atoms with Crippen LogP contribution in [-0.2, 0) is 15.7 Å². The van der Waals surface area contributed by atoms with Gasteiger partial charge in [0.1, 0.15) is 10.7 Å². The van der Waals surface area contributed by atoms with E-state index in [1.54, 1.807) is 17.2 Å². The third-order valence-corrected chi connectivity index (χ3v) is 6.16. The predicted molar refractivity (Wildman–Crippen MR) is 107 cm³/mol. The van der Waals surface area contributed by atoms with E-state index >= 15 is 0 Å². The van der Waals surface area contributed by atoms with E-state index < -0.39 is 11.9 Å². The summed E-state index contributed by atoms with van der Waals surface area (Å²) in [5.41, 5.74) is 1.06. The van der Waals surface area contributed by atoms with E-state index in [-0.39, 0.29) is 17.2 Å². The molecule has 2 aliphatic heterocycles. The number of aromatic amines is 1. The molecule has 31 heavy (non-hydrogen) atoms. The SMILES string of the molecule is O=C(OC1COC1)N1CCN(c2ccnc3[nH]c(-c4nc(C(F)(F)F)cs4)cc23)CC1. The summed E-state index contributed by atoms with van der Waals surface area (Å²) in [4.78, 5) is 27.1. The van der Waals surface area contributed by atoms with Gasteiger partial charge >= 0.3 is 12.3 Å². The summed E-state index contributed by atoms with van der Waals surface area (Å²) in [5.74, 6) is 0. The van der Waals surface area contributed by atoms with E-state index in [1.807, 2.05) is 6.07 Å². The van der Waals surface area contributed by atoms with E-state index in [2.05, 4.69) is 19.9 Å². The molecule has 0 aliphatic carbocycles. The van der Waals surface area contributed by atoms with Crippen LogP contribution in [0.5, 0.6) is 0 Å². The fourth-order valence-electron chi connectivity index (χ4n) is 3.56. The number of ether oxygens (including phenoxy) is 2. The number of fused-ring (bicyclic) bond motifs is 1. The Hall–Kier alpha value is -2.86. The Bertz CT molecular complexity index is 1100. The largest absolute Gasteiger partial charge is 0.441 e. The molecule has 1 N–H and O–H groups in total. The molecular weight excluding hydrogens is 435 g/mol. The summed E-state index contributed by atoms with van der Waals surface area (Å²) in [6, 6.07) is 3.64. The Morgan fingerprint density at radius 1 is 1.26 bits per heavy atom. The maximum Gasteiger partial charge on any atom is 0.434 e. The van der Waals surface area contributed by atoms with Crippen LogP contribution in [0.3, 0.4) is 0 Å². The zero-order valence-electron chi connectivity index (χ0n) is 16.2. The van der Waals surface area contributed by atoms with Gasteiger partial charge in [0.15, 0.2) is 11.8 Å². The van der Waals surface area contributed by atoms with Crippen molar-refractivity contribution < 1.29 is 27.4 Å². The Kier molecular flexibility index (Phi) is 4.97. The Balaban J connectivity index is 1.33. The van der Waals surface area contributed by atoms with Gasteiger partial charge in [-0.1, -0.05) is 0 Å². The van der Waals surface area contributed by atoms with Crippen LogP contribution in [0, 0.1) is 0 Å². The Morgan fingerprint density at radius 3 is 2.68 bits per heavy atom. The minimum atomic E-state index is -4.48. The fraction of sp³-hybridized carbons (Fsp3) is 0.421. The van der Waals surface area contributed by atoms with Gasteiger partial charge < -0.3 is 24.3 Å². The summed E-state index contributed by atoms with van der Waals surface area (Å²) in [5, 5.41) is 2.05. The lowest BCUT2D eigenvalue weighted by Gasteiger charge is -2.37. The highest BCUT2D eigenvalue weighted by atomic mass is 32.1. The summed E-state index contributed by atoms with van der Waals surface area (Å²) in [6.07, 6.45) is -3.32. The normalized spacial score (nSPS) is 17.8. The third kappa shape index (κ3) is 3.92. The molecule has 5 heterocycles. The quantitative estimate of drug-likeness (QED) is 0.655. The maximum atomic E-state index is 12.9. The second kappa shape index (κ2) is 7.68. The van der Waals surface area contributed by atoms with Crippen molar-refractivity contribution in [3.8, 4) is 10.7 Å². The molecule has 8 nitrogen and oxygen atoms in total. The van der Waals surface area contributed by atoms with Gasteiger partial charge in [-0.3, -0.25) is 0 Å². The third-order valence-electron chi connectivity index (χ3n) is 5.29. The molecular formula is C19H18F3N5O3S. The number of nitrogens with one attached hydrogen (secondary N) is 1. The lowest BCUT2D eigenvalue weighted by Crippen LogP contribution is -2.51. The van der Waals surface area contributed by atoms with E-state index in [9.17, 15) is 18.0 Å². The smallest absolute Gasteiger partial charge is 0.434 e. The summed E-state index contributed by atoms with van der Waals surface area (Å²) >= 11 is 0.930. The van der Waals surface area contributed by atoms with Crippen molar-refractivity contribution in [3.05, 3.63) is 29.4 Å². The van der Waals surface area contributed by atoms with Crippen LogP contribution in [0.1, 0.15) is 5.69 Å². The van der Waals surface area contributed by atoms with Crippen LogP contribution < -0.4 is 4.90 Å². The first-order valence-electron chi connectivity index (χ1n) is 9.67. The lowest BCUT2D eigenvalue weighted by molar-refractivity contribution is -0.140.